The number of halogens is 1. The van der Waals surface area contributed by atoms with Gasteiger partial charge in [-0.15, -0.1) is 11.6 Å². The van der Waals surface area contributed by atoms with Crippen LogP contribution in [-0.4, -0.2) is 24.2 Å². The number of aliphatic hydroxyl groups is 1. The highest BCUT2D eigenvalue weighted by Gasteiger charge is 2.13. The van der Waals surface area contributed by atoms with Gasteiger partial charge in [-0.05, 0) is 49.1 Å². The minimum absolute atomic E-state index is 0.268. The third kappa shape index (κ3) is 2.69. The van der Waals surface area contributed by atoms with Crippen LogP contribution in [0, 0.1) is 20.8 Å². The second-order valence-corrected chi connectivity index (χ2v) is 4.45. The predicted molar refractivity (Wildman–Crippen MR) is 67.6 cm³/mol. The zero-order chi connectivity index (χ0) is 12.3. The van der Waals surface area contributed by atoms with Gasteiger partial charge in [0.05, 0.1) is 13.2 Å². The molecular formula is C13H19ClO2. The Bertz CT molecular complexity index is 375. The van der Waals surface area contributed by atoms with E-state index in [0.717, 1.165) is 16.9 Å². The topological polar surface area (TPSA) is 29.5 Å². The van der Waals surface area contributed by atoms with Gasteiger partial charge in [-0.2, -0.15) is 0 Å². The molecule has 0 radical (unpaired) electrons. The van der Waals surface area contributed by atoms with E-state index in [0.29, 0.717) is 6.42 Å². The van der Waals surface area contributed by atoms with Gasteiger partial charge in [-0.3, -0.25) is 0 Å². The largest absolute Gasteiger partial charge is 0.496 e. The Labute approximate surface area is 102 Å². The highest BCUT2D eigenvalue weighted by molar-refractivity contribution is 6.18. The van der Waals surface area contributed by atoms with E-state index >= 15 is 0 Å². The molecule has 0 aliphatic heterocycles. The molecule has 0 heterocycles. The maximum absolute atomic E-state index is 9.61. The molecule has 0 amide bonds. The number of benzene rings is 1. The van der Waals surface area contributed by atoms with Crippen LogP contribution in [0.25, 0.3) is 0 Å². The minimum Gasteiger partial charge on any atom is -0.496 e. The summed E-state index contributed by atoms with van der Waals surface area (Å²) < 4.78 is 5.30. The molecule has 0 aliphatic carbocycles. The minimum atomic E-state index is -0.480. The lowest BCUT2D eigenvalue weighted by Crippen LogP contribution is -2.14. The molecule has 0 fully saturated rings. The zero-order valence-electron chi connectivity index (χ0n) is 10.3. The van der Waals surface area contributed by atoms with Gasteiger partial charge in [0.2, 0.25) is 0 Å². The average molecular weight is 243 g/mol. The molecule has 90 valence electrons. The summed E-state index contributed by atoms with van der Waals surface area (Å²) in [5, 5.41) is 9.61. The van der Waals surface area contributed by atoms with Crippen molar-refractivity contribution in [2.75, 3.05) is 13.0 Å². The van der Waals surface area contributed by atoms with E-state index < -0.39 is 6.10 Å². The van der Waals surface area contributed by atoms with Gasteiger partial charge in [0, 0.05) is 12.3 Å². The molecule has 0 aromatic heterocycles. The summed E-state index contributed by atoms with van der Waals surface area (Å²) in [6.45, 7) is 6.12. The van der Waals surface area contributed by atoms with Crippen molar-refractivity contribution in [2.45, 2.75) is 33.3 Å². The zero-order valence-corrected chi connectivity index (χ0v) is 11.1. The smallest absolute Gasteiger partial charge is 0.122 e. The van der Waals surface area contributed by atoms with Crippen LogP contribution < -0.4 is 4.74 Å². The summed E-state index contributed by atoms with van der Waals surface area (Å²) in [5.41, 5.74) is 4.63. The van der Waals surface area contributed by atoms with Gasteiger partial charge in [-0.25, -0.2) is 0 Å². The Morgan fingerprint density at radius 3 is 2.44 bits per heavy atom. The first-order chi connectivity index (χ1) is 7.51. The standard InChI is InChI=1S/C13H19ClO2/c1-8-5-13(16-4)10(3)9(2)12(8)6-11(15)7-14/h5,11,15H,6-7H2,1-4H3. The Kier molecular flexibility index (Phi) is 4.63. The fourth-order valence-corrected chi connectivity index (χ4v) is 2.02. The Morgan fingerprint density at radius 2 is 1.94 bits per heavy atom. The van der Waals surface area contributed by atoms with Crippen molar-refractivity contribution in [3.8, 4) is 5.75 Å². The van der Waals surface area contributed by atoms with Gasteiger partial charge in [0.25, 0.3) is 0 Å². The van der Waals surface area contributed by atoms with E-state index in [9.17, 15) is 5.11 Å². The lowest BCUT2D eigenvalue weighted by Gasteiger charge is -2.17. The number of methoxy groups -OCH3 is 1. The first-order valence-corrected chi connectivity index (χ1v) is 5.92. The molecule has 0 spiro atoms. The molecule has 0 bridgehead atoms. The van der Waals surface area contributed by atoms with E-state index in [1.807, 2.05) is 19.9 Å². The van der Waals surface area contributed by atoms with Crippen molar-refractivity contribution < 1.29 is 9.84 Å². The number of hydrogen-bond donors (Lipinski definition) is 1. The summed E-state index contributed by atoms with van der Waals surface area (Å²) >= 11 is 5.63. The Balaban J connectivity index is 3.15. The van der Waals surface area contributed by atoms with Crippen LogP contribution in [0.1, 0.15) is 22.3 Å². The molecule has 1 atom stereocenters. The van der Waals surface area contributed by atoms with Crippen molar-refractivity contribution in [2.24, 2.45) is 0 Å². The maximum atomic E-state index is 9.61. The first-order valence-electron chi connectivity index (χ1n) is 5.39. The molecule has 1 aromatic carbocycles. The highest BCUT2D eigenvalue weighted by atomic mass is 35.5. The van der Waals surface area contributed by atoms with Gasteiger partial charge in [-0.1, -0.05) is 0 Å². The lowest BCUT2D eigenvalue weighted by molar-refractivity contribution is 0.198. The van der Waals surface area contributed by atoms with Gasteiger partial charge in [0.15, 0.2) is 0 Å². The molecule has 1 unspecified atom stereocenters. The van der Waals surface area contributed by atoms with Crippen molar-refractivity contribution >= 4 is 11.6 Å². The number of aryl methyl sites for hydroxylation is 1. The van der Waals surface area contributed by atoms with E-state index in [4.69, 9.17) is 16.3 Å². The second-order valence-electron chi connectivity index (χ2n) is 4.14. The van der Waals surface area contributed by atoms with Gasteiger partial charge in [0.1, 0.15) is 5.75 Å². The number of aliphatic hydroxyl groups excluding tert-OH is 1. The fourth-order valence-electron chi connectivity index (χ4n) is 1.92. The number of hydrogen-bond acceptors (Lipinski definition) is 2. The lowest BCUT2D eigenvalue weighted by atomic mass is 9.93. The highest BCUT2D eigenvalue weighted by Crippen LogP contribution is 2.28. The van der Waals surface area contributed by atoms with Crippen LogP contribution >= 0.6 is 11.6 Å². The normalized spacial score (nSPS) is 12.6. The second kappa shape index (κ2) is 5.55. The van der Waals surface area contributed by atoms with Crippen molar-refractivity contribution in [1.29, 1.82) is 0 Å². The third-order valence-corrected chi connectivity index (χ3v) is 3.40. The van der Waals surface area contributed by atoms with E-state index in [1.54, 1.807) is 7.11 Å². The molecule has 0 aliphatic rings. The summed E-state index contributed by atoms with van der Waals surface area (Å²) in [5.74, 6) is 1.17. The van der Waals surface area contributed by atoms with E-state index in [-0.39, 0.29) is 5.88 Å². The molecule has 1 N–H and O–H groups in total. The van der Waals surface area contributed by atoms with Crippen LogP contribution in [0.5, 0.6) is 5.75 Å². The van der Waals surface area contributed by atoms with Crippen LogP contribution in [0.3, 0.4) is 0 Å². The molecule has 0 saturated carbocycles. The Morgan fingerprint density at radius 1 is 1.31 bits per heavy atom. The number of alkyl halides is 1. The Hall–Kier alpha value is -0.730. The first kappa shape index (κ1) is 13.3. The molecule has 3 heteroatoms. The molecule has 1 aromatic rings. The number of ether oxygens (including phenoxy) is 1. The summed E-state index contributed by atoms with van der Waals surface area (Å²) in [6, 6.07) is 2.01. The van der Waals surface area contributed by atoms with Crippen LogP contribution in [0.4, 0.5) is 0 Å². The van der Waals surface area contributed by atoms with Crippen molar-refractivity contribution in [3.63, 3.8) is 0 Å². The fraction of sp³-hybridized carbons (Fsp3) is 0.538. The molecule has 2 nitrogen and oxygen atoms in total. The van der Waals surface area contributed by atoms with E-state index in [2.05, 4.69) is 6.92 Å². The van der Waals surface area contributed by atoms with Crippen molar-refractivity contribution in [3.05, 3.63) is 28.3 Å². The predicted octanol–water partition coefficient (Wildman–Crippen LogP) is 2.76. The average Bonchev–Trinajstić information content (AvgIpc) is 2.28. The molecular weight excluding hydrogens is 224 g/mol. The summed E-state index contributed by atoms with van der Waals surface area (Å²) in [4.78, 5) is 0. The summed E-state index contributed by atoms with van der Waals surface area (Å²) in [6.07, 6.45) is 0.123. The third-order valence-electron chi connectivity index (χ3n) is 3.05. The van der Waals surface area contributed by atoms with Crippen LogP contribution in [-0.2, 0) is 6.42 Å². The molecule has 0 saturated heterocycles. The number of rotatable bonds is 4. The van der Waals surface area contributed by atoms with E-state index in [1.165, 1.54) is 11.1 Å². The quantitative estimate of drug-likeness (QED) is 0.823. The monoisotopic (exact) mass is 242 g/mol. The molecule has 1 rings (SSSR count). The van der Waals surface area contributed by atoms with Gasteiger partial charge >= 0.3 is 0 Å². The maximum Gasteiger partial charge on any atom is 0.122 e. The van der Waals surface area contributed by atoms with Crippen LogP contribution in [0.2, 0.25) is 0 Å². The van der Waals surface area contributed by atoms with Crippen LogP contribution in [0.15, 0.2) is 6.07 Å². The molecule has 16 heavy (non-hydrogen) atoms. The SMILES string of the molecule is COc1cc(C)c(CC(O)CCl)c(C)c1C. The summed E-state index contributed by atoms with van der Waals surface area (Å²) in [7, 11) is 1.68. The van der Waals surface area contributed by atoms with Crippen molar-refractivity contribution in [1.82, 2.24) is 0 Å². The van der Waals surface area contributed by atoms with Gasteiger partial charge < -0.3 is 9.84 Å².